The summed E-state index contributed by atoms with van der Waals surface area (Å²) in [4.78, 5) is 22.8. The van der Waals surface area contributed by atoms with E-state index in [1.54, 1.807) is 24.3 Å². The zero-order valence-electron chi connectivity index (χ0n) is 9.49. The van der Waals surface area contributed by atoms with Gasteiger partial charge in [0, 0.05) is 17.2 Å². The molecule has 0 bridgehead atoms. The average Bonchev–Trinajstić information content (AvgIpc) is 2.96. The monoisotopic (exact) mass is 217 g/mol. The van der Waals surface area contributed by atoms with Gasteiger partial charge in [0.15, 0.2) is 5.78 Å². The fourth-order valence-corrected chi connectivity index (χ4v) is 1.74. The number of anilines is 1. The van der Waals surface area contributed by atoms with Crippen molar-refractivity contribution in [2.24, 2.45) is 11.8 Å². The van der Waals surface area contributed by atoms with Gasteiger partial charge in [-0.25, -0.2) is 0 Å². The molecule has 3 nitrogen and oxygen atoms in total. The van der Waals surface area contributed by atoms with Gasteiger partial charge in [0.05, 0.1) is 0 Å². The smallest absolute Gasteiger partial charge is 0.227 e. The molecule has 84 valence electrons. The van der Waals surface area contributed by atoms with Gasteiger partial charge in [0.1, 0.15) is 0 Å². The summed E-state index contributed by atoms with van der Waals surface area (Å²) in [5, 5.41) is 2.84. The van der Waals surface area contributed by atoms with Gasteiger partial charge in [0.25, 0.3) is 0 Å². The first-order valence-electron chi connectivity index (χ1n) is 5.50. The summed E-state index contributed by atoms with van der Waals surface area (Å²) in [5.41, 5.74) is 1.33. The third-order valence-corrected chi connectivity index (χ3v) is 2.98. The van der Waals surface area contributed by atoms with Crippen molar-refractivity contribution >= 4 is 17.4 Å². The summed E-state index contributed by atoms with van der Waals surface area (Å²) in [5.74, 6) is 0.723. The van der Waals surface area contributed by atoms with Crippen LogP contribution in [0.25, 0.3) is 0 Å². The Morgan fingerprint density at radius 3 is 2.62 bits per heavy atom. The molecule has 3 heteroatoms. The van der Waals surface area contributed by atoms with Gasteiger partial charge in [-0.1, -0.05) is 19.1 Å². The second-order valence-electron chi connectivity index (χ2n) is 4.45. The zero-order chi connectivity index (χ0) is 11.7. The molecule has 1 aliphatic rings. The molecule has 0 aliphatic heterocycles. The standard InChI is InChI=1S/C13H15NO2/c1-8-6-12(8)13(16)14-11-5-3-4-10(7-11)9(2)15/h3-5,7-8,12H,6H2,1-2H3,(H,14,16)/t8-,12-/m1/s1. The van der Waals surface area contributed by atoms with Crippen LogP contribution >= 0.6 is 0 Å². The molecule has 0 aromatic heterocycles. The summed E-state index contributed by atoms with van der Waals surface area (Å²) in [6.07, 6.45) is 0.970. The van der Waals surface area contributed by atoms with E-state index in [2.05, 4.69) is 12.2 Å². The van der Waals surface area contributed by atoms with E-state index in [1.807, 2.05) is 0 Å². The van der Waals surface area contributed by atoms with Gasteiger partial charge in [0.2, 0.25) is 5.91 Å². The highest BCUT2D eigenvalue weighted by atomic mass is 16.2. The molecular formula is C13H15NO2. The van der Waals surface area contributed by atoms with Crippen LogP contribution in [0.4, 0.5) is 5.69 Å². The van der Waals surface area contributed by atoms with Crippen LogP contribution in [0.5, 0.6) is 0 Å². The van der Waals surface area contributed by atoms with E-state index in [0.29, 0.717) is 17.2 Å². The van der Waals surface area contributed by atoms with Crippen molar-refractivity contribution in [2.75, 3.05) is 5.32 Å². The van der Waals surface area contributed by atoms with Crippen LogP contribution in [0.2, 0.25) is 0 Å². The molecule has 1 aromatic rings. The van der Waals surface area contributed by atoms with Gasteiger partial charge in [-0.15, -0.1) is 0 Å². The van der Waals surface area contributed by atoms with E-state index >= 15 is 0 Å². The van der Waals surface area contributed by atoms with E-state index in [1.165, 1.54) is 6.92 Å². The quantitative estimate of drug-likeness (QED) is 0.790. The lowest BCUT2D eigenvalue weighted by Crippen LogP contribution is -2.14. The fourth-order valence-electron chi connectivity index (χ4n) is 1.74. The highest BCUT2D eigenvalue weighted by Gasteiger charge is 2.39. The van der Waals surface area contributed by atoms with Crippen molar-refractivity contribution in [1.82, 2.24) is 0 Å². The first-order valence-corrected chi connectivity index (χ1v) is 5.50. The Labute approximate surface area is 94.9 Å². The number of amides is 1. The van der Waals surface area contributed by atoms with Crippen LogP contribution in [0.3, 0.4) is 0 Å². The SMILES string of the molecule is CC(=O)c1cccc(NC(=O)[C@@H]2C[C@H]2C)c1. The Kier molecular flexibility index (Phi) is 2.77. The van der Waals surface area contributed by atoms with Crippen molar-refractivity contribution in [3.63, 3.8) is 0 Å². The minimum absolute atomic E-state index is 0.0101. The predicted molar refractivity (Wildman–Crippen MR) is 62.3 cm³/mol. The number of rotatable bonds is 3. The molecule has 0 spiro atoms. The Bertz CT molecular complexity index is 439. The maximum absolute atomic E-state index is 11.7. The maximum Gasteiger partial charge on any atom is 0.227 e. The molecular weight excluding hydrogens is 202 g/mol. The number of benzene rings is 1. The molecule has 1 amide bonds. The lowest BCUT2D eigenvalue weighted by molar-refractivity contribution is -0.117. The number of carbonyl (C=O) groups is 2. The molecule has 2 rings (SSSR count). The fraction of sp³-hybridized carbons (Fsp3) is 0.385. The van der Waals surface area contributed by atoms with Crippen LogP contribution in [-0.4, -0.2) is 11.7 Å². The highest BCUT2D eigenvalue weighted by molar-refractivity contribution is 5.98. The van der Waals surface area contributed by atoms with Gasteiger partial charge in [-0.05, 0) is 31.4 Å². The number of ketones is 1. The van der Waals surface area contributed by atoms with Gasteiger partial charge < -0.3 is 5.32 Å². The summed E-state index contributed by atoms with van der Waals surface area (Å²) in [6, 6.07) is 7.05. The summed E-state index contributed by atoms with van der Waals surface area (Å²) in [6.45, 7) is 3.58. The minimum Gasteiger partial charge on any atom is -0.326 e. The first-order chi connectivity index (χ1) is 7.58. The third-order valence-electron chi connectivity index (χ3n) is 2.98. The van der Waals surface area contributed by atoms with Gasteiger partial charge in [-0.3, -0.25) is 9.59 Å². The van der Waals surface area contributed by atoms with Crippen molar-refractivity contribution in [3.05, 3.63) is 29.8 Å². The van der Waals surface area contributed by atoms with Crippen LogP contribution in [0.15, 0.2) is 24.3 Å². The van der Waals surface area contributed by atoms with Crippen molar-refractivity contribution in [2.45, 2.75) is 20.3 Å². The van der Waals surface area contributed by atoms with E-state index in [-0.39, 0.29) is 17.6 Å². The van der Waals surface area contributed by atoms with Gasteiger partial charge >= 0.3 is 0 Å². The minimum atomic E-state index is 0.0101. The Balaban J connectivity index is 2.06. The summed E-state index contributed by atoms with van der Waals surface area (Å²) >= 11 is 0. The molecule has 0 unspecified atom stereocenters. The van der Waals surface area contributed by atoms with Crippen LogP contribution in [0.1, 0.15) is 30.6 Å². The van der Waals surface area contributed by atoms with Crippen molar-refractivity contribution in [1.29, 1.82) is 0 Å². The second kappa shape index (κ2) is 4.08. The number of Topliss-reactive ketones (excluding diaryl/α,β-unsaturated/α-hetero) is 1. The van der Waals surface area contributed by atoms with Crippen LogP contribution < -0.4 is 5.32 Å². The first kappa shape index (κ1) is 10.9. The number of nitrogens with one attached hydrogen (secondary N) is 1. The molecule has 0 heterocycles. The normalized spacial score (nSPS) is 22.6. The van der Waals surface area contributed by atoms with Gasteiger partial charge in [-0.2, -0.15) is 0 Å². The van der Waals surface area contributed by atoms with E-state index < -0.39 is 0 Å². The third kappa shape index (κ3) is 2.30. The lowest BCUT2D eigenvalue weighted by atomic mass is 10.1. The Morgan fingerprint density at radius 1 is 1.38 bits per heavy atom. The molecule has 1 saturated carbocycles. The average molecular weight is 217 g/mol. The van der Waals surface area contributed by atoms with Crippen LogP contribution in [-0.2, 0) is 4.79 Å². The zero-order valence-corrected chi connectivity index (χ0v) is 9.49. The van der Waals surface area contributed by atoms with Crippen molar-refractivity contribution < 1.29 is 9.59 Å². The number of carbonyl (C=O) groups excluding carboxylic acids is 2. The molecule has 0 saturated heterocycles. The van der Waals surface area contributed by atoms with E-state index in [9.17, 15) is 9.59 Å². The molecule has 16 heavy (non-hydrogen) atoms. The number of hydrogen-bond donors (Lipinski definition) is 1. The molecule has 1 N–H and O–H groups in total. The molecule has 1 aliphatic carbocycles. The number of hydrogen-bond acceptors (Lipinski definition) is 2. The Morgan fingerprint density at radius 2 is 2.06 bits per heavy atom. The Hall–Kier alpha value is -1.64. The topological polar surface area (TPSA) is 46.2 Å². The van der Waals surface area contributed by atoms with E-state index in [4.69, 9.17) is 0 Å². The molecule has 2 atom stereocenters. The lowest BCUT2D eigenvalue weighted by Gasteiger charge is -2.05. The molecule has 0 radical (unpaired) electrons. The predicted octanol–water partition coefficient (Wildman–Crippen LogP) is 2.48. The largest absolute Gasteiger partial charge is 0.326 e. The van der Waals surface area contributed by atoms with Crippen molar-refractivity contribution in [3.8, 4) is 0 Å². The summed E-state index contributed by atoms with van der Waals surface area (Å²) in [7, 11) is 0. The highest BCUT2D eigenvalue weighted by Crippen LogP contribution is 2.38. The molecule has 1 aromatic carbocycles. The summed E-state index contributed by atoms with van der Waals surface area (Å²) < 4.78 is 0. The molecule has 1 fully saturated rings. The maximum atomic E-state index is 11.7. The second-order valence-corrected chi connectivity index (χ2v) is 4.45. The van der Waals surface area contributed by atoms with Crippen LogP contribution in [0, 0.1) is 11.8 Å². The van der Waals surface area contributed by atoms with E-state index in [0.717, 1.165) is 6.42 Å².